The van der Waals surface area contributed by atoms with Gasteiger partial charge in [-0.25, -0.2) is 13.2 Å². The summed E-state index contributed by atoms with van der Waals surface area (Å²) in [6, 6.07) is 3.22. The molecule has 1 aliphatic carbocycles. The molecular formula is C23H21F3N4O2. The summed E-state index contributed by atoms with van der Waals surface area (Å²) in [4.78, 5) is 17.0. The summed E-state index contributed by atoms with van der Waals surface area (Å²) < 4.78 is 48.4. The maximum atomic E-state index is 14.7. The molecule has 5 rings (SSSR count). The second-order valence-corrected chi connectivity index (χ2v) is 8.63. The summed E-state index contributed by atoms with van der Waals surface area (Å²) in [5, 5.41) is 9.51. The van der Waals surface area contributed by atoms with Crippen molar-refractivity contribution in [3.63, 3.8) is 0 Å². The molecule has 1 aliphatic heterocycles. The average Bonchev–Trinajstić information content (AvgIpc) is 3.43. The Morgan fingerprint density at radius 2 is 2.00 bits per heavy atom. The van der Waals surface area contributed by atoms with E-state index in [-0.39, 0.29) is 47.4 Å². The van der Waals surface area contributed by atoms with E-state index < -0.39 is 17.5 Å². The molecule has 1 saturated carbocycles. The topological polar surface area (TPSA) is 79.9 Å². The van der Waals surface area contributed by atoms with Crippen LogP contribution in [0.5, 0.6) is 5.75 Å². The largest absolute Gasteiger partial charge is 0.490 e. The van der Waals surface area contributed by atoms with Crippen LogP contribution in [-0.4, -0.2) is 27.7 Å². The Morgan fingerprint density at radius 1 is 1.22 bits per heavy atom. The number of carbonyl (C=O) groups is 1. The molecule has 6 nitrogen and oxygen atoms in total. The van der Waals surface area contributed by atoms with Gasteiger partial charge in [0.15, 0.2) is 17.4 Å². The lowest BCUT2D eigenvalue weighted by Gasteiger charge is -2.34. The van der Waals surface area contributed by atoms with Crippen LogP contribution in [0.25, 0.3) is 11.3 Å². The van der Waals surface area contributed by atoms with Crippen molar-refractivity contribution in [1.29, 1.82) is 0 Å². The van der Waals surface area contributed by atoms with Crippen LogP contribution < -0.4 is 10.1 Å². The van der Waals surface area contributed by atoms with E-state index in [0.717, 1.165) is 18.9 Å². The number of pyridine rings is 1. The van der Waals surface area contributed by atoms with Crippen LogP contribution in [-0.2, 0) is 4.79 Å². The first kappa shape index (κ1) is 20.5. The van der Waals surface area contributed by atoms with Gasteiger partial charge in [-0.2, -0.15) is 5.10 Å². The molecule has 2 N–H and O–H groups in total. The van der Waals surface area contributed by atoms with E-state index in [4.69, 9.17) is 4.74 Å². The number of rotatable bonds is 4. The molecule has 9 heteroatoms. The number of fused-ring (bicyclic) bond motifs is 1. The molecule has 3 aromatic rings. The van der Waals surface area contributed by atoms with Crippen LogP contribution in [0.15, 0.2) is 24.4 Å². The summed E-state index contributed by atoms with van der Waals surface area (Å²) in [6.07, 6.45) is 3.02. The Labute approximate surface area is 182 Å². The van der Waals surface area contributed by atoms with Gasteiger partial charge in [0.05, 0.1) is 24.2 Å². The number of hydrogen-bond acceptors (Lipinski definition) is 4. The highest BCUT2D eigenvalue weighted by Crippen LogP contribution is 2.61. The van der Waals surface area contributed by atoms with Crippen molar-refractivity contribution in [1.82, 2.24) is 15.2 Å². The zero-order valence-corrected chi connectivity index (χ0v) is 17.6. The van der Waals surface area contributed by atoms with Crippen molar-refractivity contribution in [2.45, 2.75) is 39.0 Å². The first-order valence-electron chi connectivity index (χ1n) is 10.4. The summed E-state index contributed by atoms with van der Waals surface area (Å²) in [5.41, 5.74) is 2.32. The average molecular weight is 442 g/mol. The number of halogens is 3. The molecule has 1 fully saturated rings. The minimum Gasteiger partial charge on any atom is -0.490 e. The number of aryl methyl sites for hydroxylation is 2. The molecule has 0 radical (unpaired) electrons. The fourth-order valence-electron chi connectivity index (χ4n) is 4.61. The number of hydrogen-bond donors (Lipinski definition) is 2. The highest BCUT2D eigenvalue weighted by Gasteiger charge is 2.54. The Morgan fingerprint density at radius 3 is 2.66 bits per heavy atom. The van der Waals surface area contributed by atoms with Gasteiger partial charge < -0.3 is 10.1 Å². The highest BCUT2D eigenvalue weighted by molar-refractivity contribution is 5.91. The number of carbonyl (C=O) groups excluding carboxylic acids is 1. The van der Waals surface area contributed by atoms with E-state index in [1.165, 1.54) is 18.3 Å². The molecule has 0 saturated heterocycles. The van der Waals surface area contributed by atoms with E-state index >= 15 is 0 Å². The zero-order chi connectivity index (χ0) is 22.6. The van der Waals surface area contributed by atoms with Crippen LogP contribution >= 0.6 is 0 Å². The number of nitrogens with one attached hydrogen (secondary N) is 2. The molecule has 1 atom stereocenters. The first-order chi connectivity index (χ1) is 15.3. The van der Waals surface area contributed by atoms with Crippen LogP contribution in [0.2, 0.25) is 0 Å². The third kappa shape index (κ3) is 3.41. The normalized spacial score (nSPS) is 18.2. The van der Waals surface area contributed by atoms with Crippen molar-refractivity contribution in [2.24, 2.45) is 5.41 Å². The lowest BCUT2D eigenvalue weighted by molar-refractivity contribution is -0.117. The Kier molecular flexibility index (Phi) is 4.72. The second-order valence-electron chi connectivity index (χ2n) is 8.63. The monoisotopic (exact) mass is 442 g/mol. The first-order valence-corrected chi connectivity index (χ1v) is 10.4. The summed E-state index contributed by atoms with van der Waals surface area (Å²) in [6.45, 7) is 3.81. The summed E-state index contributed by atoms with van der Waals surface area (Å²) in [7, 11) is 0. The zero-order valence-electron chi connectivity index (χ0n) is 17.6. The Bertz CT molecular complexity index is 1220. The highest BCUT2D eigenvalue weighted by atomic mass is 19.1. The van der Waals surface area contributed by atoms with E-state index in [2.05, 4.69) is 20.5 Å². The summed E-state index contributed by atoms with van der Waals surface area (Å²) in [5.74, 6) is -2.83. The number of ether oxygens (including phenoxy) is 1. The molecule has 1 unspecified atom stereocenters. The van der Waals surface area contributed by atoms with Crippen molar-refractivity contribution in [3.05, 3.63) is 58.8 Å². The van der Waals surface area contributed by atoms with E-state index in [0.29, 0.717) is 22.5 Å². The van der Waals surface area contributed by atoms with Gasteiger partial charge in [0.25, 0.3) is 0 Å². The summed E-state index contributed by atoms with van der Waals surface area (Å²) >= 11 is 0. The second kappa shape index (κ2) is 7.36. The molecule has 32 heavy (non-hydrogen) atoms. The molecule has 2 aromatic heterocycles. The fraction of sp³-hybridized carbons (Fsp3) is 0.348. The Hall–Kier alpha value is -3.36. The van der Waals surface area contributed by atoms with Gasteiger partial charge in [-0.3, -0.25) is 14.9 Å². The molecule has 1 aromatic carbocycles. The van der Waals surface area contributed by atoms with Crippen LogP contribution in [0.4, 0.5) is 18.9 Å². The van der Waals surface area contributed by atoms with Gasteiger partial charge in [-0.15, -0.1) is 0 Å². The quantitative estimate of drug-likeness (QED) is 0.609. The minimum absolute atomic E-state index is 0.00255. The number of benzene rings is 1. The predicted octanol–water partition coefficient (Wildman–Crippen LogP) is 4.79. The minimum atomic E-state index is -0.771. The van der Waals surface area contributed by atoms with Crippen molar-refractivity contribution in [3.8, 4) is 17.0 Å². The third-order valence-electron chi connectivity index (χ3n) is 6.43. The molecular weight excluding hydrogens is 421 g/mol. The molecule has 2 aliphatic rings. The standard InChI is InChI=1S/C23H21F3N4O2/c1-11-20(12(2)30-29-11)21-17(25)7-14(9-27-21)28-19(31)8-16-15-5-13(24)6-18(26)22(15)32-10-23(16)3-4-23/h5-7,9,16H,3-4,8,10H2,1-2H3,(H,28,31)(H,29,30). The fourth-order valence-corrected chi connectivity index (χ4v) is 4.61. The maximum absolute atomic E-state index is 14.7. The van der Waals surface area contributed by atoms with Gasteiger partial charge in [-0.1, -0.05) is 0 Å². The van der Waals surface area contributed by atoms with Gasteiger partial charge >= 0.3 is 0 Å². The number of aromatic amines is 1. The van der Waals surface area contributed by atoms with Crippen LogP contribution in [0.3, 0.4) is 0 Å². The molecule has 1 spiro atoms. The van der Waals surface area contributed by atoms with Crippen LogP contribution in [0, 0.1) is 36.7 Å². The van der Waals surface area contributed by atoms with Gasteiger partial charge in [0.2, 0.25) is 5.91 Å². The molecule has 0 bridgehead atoms. The van der Waals surface area contributed by atoms with E-state index in [9.17, 15) is 18.0 Å². The van der Waals surface area contributed by atoms with Gasteiger partial charge in [-0.05, 0) is 32.8 Å². The smallest absolute Gasteiger partial charge is 0.225 e. The molecule has 166 valence electrons. The Balaban J connectivity index is 1.37. The van der Waals surface area contributed by atoms with Gasteiger partial charge in [0.1, 0.15) is 11.5 Å². The molecule has 3 heterocycles. The van der Waals surface area contributed by atoms with E-state index in [1.54, 1.807) is 13.8 Å². The number of nitrogens with zero attached hydrogens (tertiary/aromatic N) is 2. The lowest BCUT2D eigenvalue weighted by atomic mass is 9.78. The van der Waals surface area contributed by atoms with Gasteiger partial charge in [0, 0.05) is 46.7 Å². The third-order valence-corrected chi connectivity index (χ3v) is 6.43. The molecule has 1 amide bonds. The van der Waals surface area contributed by atoms with Crippen molar-refractivity contribution < 1.29 is 22.7 Å². The van der Waals surface area contributed by atoms with Crippen LogP contribution in [0.1, 0.15) is 42.1 Å². The number of aromatic nitrogens is 3. The number of amides is 1. The number of anilines is 1. The lowest BCUT2D eigenvalue weighted by Crippen LogP contribution is -2.31. The van der Waals surface area contributed by atoms with E-state index in [1.807, 2.05) is 0 Å². The SMILES string of the molecule is Cc1n[nH]c(C)c1-c1ncc(NC(=O)CC2c3cc(F)cc(F)c3OCC23CC3)cc1F. The van der Waals surface area contributed by atoms with Crippen molar-refractivity contribution in [2.75, 3.05) is 11.9 Å². The van der Waals surface area contributed by atoms with Crippen molar-refractivity contribution >= 4 is 11.6 Å². The number of H-pyrrole nitrogens is 1. The predicted molar refractivity (Wildman–Crippen MR) is 111 cm³/mol. The maximum Gasteiger partial charge on any atom is 0.225 e.